The number of aromatic nitrogens is 4. The molecule has 2 aromatic rings. The highest BCUT2D eigenvalue weighted by molar-refractivity contribution is 6.31. The van der Waals surface area contributed by atoms with Gasteiger partial charge in [-0.2, -0.15) is 10.2 Å². The molecule has 1 unspecified atom stereocenters. The number of ether oxygens (including phenoxy) is 1. The van der Waals surface area contributed by atoms with Gasteiger partial charge < -0.3 is 10.1 Å². The summed E-state index contributed by atoms with van der Waals surface area (Å²) in [5.41, 5.74) is 3.06. The topological polar surface area (TPSA) is 56.9 Å². The molecule has 2 rings (SSSR count). The van der Waals surface area contributed by atoms with E-state index in [0.29, 0.717) is 18.2 Å². The summed E-state index contributed by atoms with van der Waals surface area (Å²) in [6.07, 6.45) is 2.58. The Labute approximate surface area is 130 Å². The van der Waals surface area contributed by atoms with Gasteiger partial charge >= 0.3 is 0 Å². The average Bonchev–Trinajstić information content (AvgIpc) is 3.03. The zero-order valence-corrected chi connectivity index (χ0v) is 13.7. The molecule has 1 N–H and O–H groups in total. The monoisotopic (exact) mass is 311 g/mol. The van der Waals surface area contributed by atoms with Gasteiger partial charge in [0, 0.05) is 14.2 Å². The average molecular weight is 312 g/mol. The maximum atomic E-state index is 6.35. The number of nitrogens with one attached hydrogen (secondary N) is 1. The minimum absolute atomic E-state index is 0.0605. The SMILES string of the molecule is CCc1cc(C(NC)c2c(Cl)cnn2CCOC)n(C)n1. The largest absolute Gasteiger partial charge is 0.383 e. The van der Waals surface area contributed by atoms with Crippen molar-refractivity contribution in [3.63, 3.8) is 0 Å². The molecule has 0 saturated heterocycles. The summed E-state index contributed by atoms with van der Waals surface area (Å²) in [7, 11) is 5.53. The number of aryl methyl sites for hydroxylation is 2. The van der Waals surface area contributed by atoms with Crippen molar-refractivity contribution in [1.29, 1.82) is 0 Å². The molecule has 0 spiro atoms. The quantitative estimate of drug-likeness (QED) is 0.847. The third kappa shape index (κ3) is 3.28. The van der Waals surface area contributed by atoms with Crippen LogP contribution in [-0.2, 0) is 24.8 Å². The Hall–Kier alpha value is -1.37. The van der Waals surface area contributed by atoms with Crippen molar-refractivity contribution in [2.24, 2.45) is 7.05 Å². The Morgan fingerprint density at radius 3 is 2.81 bits per heavy atom. The van der Waals surface area contributed by atoms with E-state index in [-0.39, 0.29) is 6.04 Å². The van der Waals surface area contributed by atoms with Crippen LogP contribution in [0.2, 0.25) is 5.02 Å². The van der Waals surface area contributed by atoms with Crippen LogP contribution in [0, 0.1) is 0 Å². The van der Waals surface area contributed by atoms with E-state index in [1.807, 2.05) is 23.5 Å². The van der Waals surface area contributed by atoms with Crippen LogP contribution < -0.4 is 5.32 Å². The summed E-state index contributed by atoms with van der Waals surface area (Å²) in [4.78, 5) is 0. The van der Waals surface area contributed by atoms with E-state index in [2.05, 4.69) is 28.5 Å². The van der Waals surface area contributed by atoms with Crippen LogP contribution in [0.1, 0.15) is 30.0 Å². The first-order valence-corrected chi connectivity index (χ1v) is 7.40. The minimum Gasteiger partial charge on any atom is -0.383 e. The second kappa shape index (κ2) is 7.06. The lowest BCUT2D eigenvalue weighted by atomic mass is 10.1. The Morgan fingerprint density at radius 2 is 2.24 bits per heavy atom. The Morgan fingerprint density at radius 1 is 1.48 bits per heavy atom. The predicted octanol–water partition coefficient (Wildman–Crippen LogP) is 1.79. The zero-order valence-electron chi connectivity index (χ0n) is 12.9. The molecular weight excluding hydrogens is 290 g/mol. The second-order valence-electron chi connectivity index (χ2n) is 4.85. The second-order valence-corrected chi connectivity index (χ2v) is 5.26. The van der Waals surface area contributed by atoms with Gasteiger partial charge in [0.15, 0.2) is 0 Å². The van der Waals surface area contributed by atoms with E-state index in [0.717, 1.165) is 23.5 Å². The van der Waals surface area contributed by atoms with Gasteiger partial charge in [0.1, 0.15) is 0 Å². The van der Waals surface area contributed by atoms with Crippen LogP contribution in [0.25, 0.3) is 0 Å². The molecule has 0 aromatic carbocycles. The van der Waals surface area contributed by atoms with Crippen molar-refractivity contribution in [2.75, 3.05) is 20.8 Å². The molecular formula is C14H22ClN5O. The van der Waals surface area contributed by atoms with Gasteiger partial charge in [-0.3, -0.25) is 9.36 Å². The molecule has 0 radical (unpaired) electrons. The minimum atomic E-state index is -0.0605. The smallest absolute Gasteiger partial charge is 0.0931 e. The summed E-state index contributed by atoms with van der Waals surface area (Å²) < 4.78 is 8.91. The molecule has 0 fully saturated rings. The maximum absolute atomic E-state index is 6.35. The van der Waals surface area contributed by atoms with Crippen LogP contribution in [0.15, 0.2) is 12.3 Å². The third-order valence-electron chi connectivity index (χ3n) is 3.53. The van der Waals surface area contributed by atoms with Gasteiger partial charge in [0.25, 0.3) is 0 Å². The van der Waals surface area contributed by atoms with Crippen molar-refractivity contribution in [3.8, 4) is 0 Å². The number of nitrogens with zero attached hydrogens (tertiary/aromatic N) is 4. The molecule has 0 aliphatic heterocycles. The van der Waals surface area contributed by atoms with Crippen LogP contribution in [0.3, 0.4) is 0 Å². The summed E-state index contributed by atoms with van der Waals surface area (Å²) in [5.74, 6) is 0. The lowest BCUT2D eigenvalue weighted by Gasteiger charge is -2.19. The Balaban J connectivity index is 2.40. The van der Waals surface area contributed by atoms with Crippen LogP contribution >= 0.6 is 11.6 Å². The van der Waals surface area contributed by atoms with Crippen LogP contribution in [0.5, 0.6) is 0 Å². The molecule has 0 amide bonds. The first-order chi connectivity index (χ1) is 10.1. The van der Waals surface area contributed by atoms with Crippen molar-refractivity contribution >= 4 is 11.6 Å². The molecule has 0 saturated carbocycles. The Kier molecular flexibility index (Phi) is 5.39. The summed E-state index contributed by atoms with van der Waals surface area (Å²) >= 11 is 6.35. The highest BCUT2D eigenvalue weighted by Gasteiger charge is 2.24. The summed E-state index contributed by atoms with van der Waals surface area (Å²) in [5, 5.41) is 12.8. The first kappa shape index (κ1) is 16.0. The van der Waals surface area contributed by atoms with Crippen molar-refractivity contribution in [2.45, 2.75) is 25.9 Å². The van der Waals surface area contributed by atoms with E-state index in [1.54, 1.807) is 13.3 Å². The summed E-state index contributed by atoms with van der Waals surface area (Å²) in [6.45, 7) is 3.35. The molecule has 116 valence electrons. The van der Waals surface area contributed by atoms with Gasteiger partial charge in [0.05, 0.1) is 47.5 Å². The van der Waals surface area contributed by atoms with E-state index in [9.17, 15) is 0 Å². The lowest BCUT2D eigenvalue weighted by Crippen LogP contribution is -2.25. The molecule has 0 aliphatic rings. The van der Waals surface area contributed by atoms with E-state index in [1.165, 1.54) is 0 Å². The Bertz CT molecular complexity index is 592. The van der Waals surface area contributed by atoms with Crippen molar-refractivity contribution in [3.05, 3.63) is 34.4 Å². The van der Waals surface area contributed by atoms with Gasteiger partial charge in [-0.1, -0.05) is 18.5 Å². The molecule has 7 heteroatoms. The first-order valence-electron chi connectivity index (χ1n) is 7.02. The van der Waals surface area contributed by atoms with Gasteiger partial charge in [0.2, 0.25) is 0 Å². The molecule has 1 atom stereocenters. The number of hydrogen-bond acceptors (Lipinski definition) is 4. The van der Waals surface area contributed by atoms with Gasteiger partial charge in [-0.05, 0) is 19.5 Å². The fraction of sp³-hybridized carbons (Fsp3) is 0.571. The third-order valence-corrected chi connectivity index (χ3v) is 3.82. The number of rotatable bonds is 7. The van der Waals surface area contributed by atoms with Crippen LogP contribution in [0.4, 0.5) is 0 Å². The van der Waals surface area contributed by atoms with E-state index >= 15 is 0 Å². The summed E-state index contributed by atoms with van der Waals surface area (Å²) in [6, 6.07) is 2.04. The van der Waals surface area contributed by atoms with Gasteiger partial charge in [-0.25, -0.2) is 0 Å². The number of halogens is 1. The number of hydrogen-bond donors (Lipinski definition) is 1. The molecule has 2 heterocycles. The molecule has 6 nitrogen and oxygen atoms in total. The molecule has 0 bridgehead atoms. The van der Waals surface area contributed by atoms with Crippen molar-refractivity contribution in [1.82, 2.24) is 24.9 Å². The maximum Gasteiger partial charge on any atom is 0.0931 e. The van der Waals surface area contributed by atoms with Crippen LogP contribution in [-0.4, -0.2) is 40.3 Å². The van der Waals surface area contributed by atoms with E-state index in [4.69, 9.17) is 16.3 Å². The predicted molar refractivity (Wildman–Crippen MR) is 82.6 cm³/mol. The van der Waals surface area contributed by atoms with Crippen molar-refractivity contribution < 1.29 is 4.74 Å². The fourth-order valence-corrected chi connectivity index (χ4v) is 2.68. The molecule has 0 aliphatic carbocycles. The molecule has 21 heavy (non-hydrogen) atoms. The fourth-order valence-electron chi connectivity index (χ4n) is 2.43. The molecule has 2 aromatic heterocycles. The highest BCUT2D eigenvalue weighted by atomic mass is 35.5. The zero-order chi connectivity index (χ0) is 15.4. The normalized spacial score (nSPS) is 12.8. The number of methoxy groups -OCH3 is 1. The lowest BCUT2D eigenvalue weighted by molar-refractivity contribution is 0.182. The van der Waals surface area contributed by atoms with E-state index < -0.39 is 0 Å². The van der Waals surface area contributed by atoms with Gasteiger partial charge in [-0.15, -0.1) is 0 Å². The highest BCUT2D eigenvalue weighted by Crippen LogP contribution is 2.28. The standard InChI is InChI=1S/C14H22ClN5O/c1-5-10-8-12(19(3)18-10)13(16-2)14-11(15)9-17-20(14)6-7-21-4/h8-9,13,16H,5-7H2,1-4H3.